The Hall–Kier alpha value is -4.18. The van der Waals surface area contributed by atoms with Crippen molar-refractivity contribution in [2.45, 2.75) is 19.9 Å². The van der Waals surface area contributed by atoms with Crippen molar-refractivity contribution >= 4 is 16.7 Å². The summed E-state index contributed by atoms with van der Waals surface area (Å²) in [5.41, 5.74) is 5.15. The minimum Gasteiger partial charge on any atom is -0.367 e. The molecule has 0 spiro atoms. The summed E-state index contributed by atoms with van der Waals surface area (Å²) in [6, 6.07) is 13.7. The van der Waals surface area contributed by atoms with E-state index in [0.717, 1.165) is 59.4 Å². The van der Waals surface area contributed by atoms with Crippen LogP contribution in [-0.2, 0) is 13.0 Å². The van der Waals surface area contributed by atoms with Gasteiger partial charge in [0, 0.05) is 62.7 Å². The third-order valence-corrected chi connectivity index (χ3v) is 6.56. The first-order valence-electron chi connectivity index (χ1n) is 12.2. The molecule has 10 heteroatoms. The number of nitrogens with one attached hydrogen (secondary N) is 1. The van der Waals surface area contributed by atoms with Crippen molar-refractivity contribution in [3.05, 3.63) is 89.3 Å². The summed E-state index contributed by atoms with van der Waals surface area (Å²) < 4.78 is 32.7. The lowest BCUT2D eigenvalue weighted by Crippen LogP contribution is -2.46. The number of hydrogen-bond acceptors (Lipinski definition) is 7. The molecule has 37 heavy (non-hydrogen) atoms. The first-order valence-corrected chi connectivity index (χ1v) is 12.2. The van der Waals surface area contributed by atoms with Gasteiger partial charge in [0.05, 0.1) is 16.7 Å². The molecular formula is C27H25F2N7O. The van der Waals surface area contributed by atoms with Crippen molar-refractivity contribution in [2.24, 2.45) is 0 Å². The molecular weight excluding hydrogens is 476 g/mol. The van der Waals surface area contributed by atoms with E-state index in [1.165, 1.54) is 12.1 Å². The second kappa shape index (κ2) is 9.70. The molecule has 0 radical (unpaired) electrons. The van der Waals surface area contributed by atoms with E-state index in [1.807, 2.05) is 35.4 Å². The molecule has 1 N–H and O–H groups in total. The second-order valence-corrected chi connectivity index (χ2v) is 9.25. The zero-order chi connectivity index (χ0) is 25.4. The number of fused-ring (bicyclic) bond motifs is 1. The van der Waals surface area contributed by atoms with Crippen LogP contribution in [0.15, 0.2) is 59.3 Å². The molecule has 3 aromatic heterocycles. The summed E-state index contributed by atoms with van der Waals surface area (Å²) in [5, 5.41) is 3.85. The molecule has 1 aliphatic heterocycles. The Kier molecular flexibility index (Phi) is 6.09. The van der Waals surface area contributed by atoms with Crippen LogP contribution in [0.1, 0.15) is 22.9 Å². The van der Waals surface area contributed by atoms with Gasteiger partial charge in [0.25, 0.3) is 5.89 Å². The first-order chi connectivity index (χ1) is 18.0. The molecule has 188 valence electrons. The SMILES string of the molecule is Cc1noc(-c2ccc3nc(Cc4cc(CN5CCN(c6ccc(F)cc6F)CC5)ccn4)[nH]c3c2)n1. The summed E-state index contributed by atoms with van der Waals surface area (Å²) >= 11 is 0. The quantitative estimate of drug-likeness (QED) is 0.366. The highest BCUT2D eigenvalue weighted by Crippen LogP contribution is 2.24. The van der Waals surface area contributed by atoms with Crippen molar-refractivity contribution < 1.29 is 13.3 Å². The normalized spacial score (nSPS) is 14.5. The summed E-state index contributed by atoms with van der Waals surface area (Å²) in [7, 11) is 0. The first kappa shape index (κ1) is 23.2. The van der Waals surface area contributed by atoms with Gasteiger partial charge >= 0.3 is 0 Å². The number of anilines is 1. The number of aromatic amines is 1. The van der Waals surface area contributed by atoms with Crippen LogP contribution in [0, 0.1) is 18.6 Å². The maximum atomic E-state index is 14.1. The second-order valence-electron chi connectivity index (χ2n) is 9.25. The number of aromatic nitrogens is 5. The Labute approximate surface area is 212 Å². The van der Waals surface area contributed by atoms with Crippen molar-refractivity contribution in [2.75, 3.05) is 31.1 Å². The number of halogens is 2. The molecule has 0 saturated carbocycles. The number of H-pyrrole nitrogens is 1. The summed E-state index contributed by atoms with van der Waals surface area (Å²) in [6.45, 7) is 5.52. The van der Waals surface area contributed by atoms with Gasteiger partial charge in [-0.3, -0.25) is 9.88 Å². The number of imidazole rings is 1. The van der Waals surface area contributed by atoms with Crippen LogP contribution < -0.4 is 4.90 Å². The highest BCUT2D eigenvalue weighted by Gasteiger charge is 2.20. The number of pyridine rings is 1. The van der Waals surface area contributed by atoms with Crippen LogP contribution in [0.5, 0.6) is 0 Å². The average molecular weight is 502 g/mol. The lowest BCUT2D eigenvalue weighted by molar-refractivity contribution is 0.249. The third kappa shape index (κ3) is 5.05. The van der Waals surface area contributed by atoms with Gasteiger partial charge < -0.3 is 14.4 Å². The Bertz CT molecular complexity index is 1560. The van der Waals surface area contributed by atoms with Gasteiger partial charge in [0.1, 0.15) is 17.5 Å². The van der Waals surface area contributed by atoms with Gasteiger partial charge in [0.2, 0.25) is 0 Å². The van der Waals surface area contributed by atoms with Gasteiger partial charge in [-0.2, -0.15) is 4.98 Å². The third-order valence-electron chi connectivity index (χ3n) is 6.56. The Morgan fingerprint density at radius 1 is 0.973 bits per heavy atom. The zero-order valence-corrected chi connectivity index (χ0v) is 20.3. The minimum atomic E-state index is -0.556. The molecule has 4 heterocycles. The van der Waals surface area contributed by atoms with Gasteiger partial charge in [-0.05, 0) is 55.0 Å². The van der Waals surface area contributed by atoms with Crippen LogP contribution in [0.25, 0.3) is 22.5 Å². The van der Waals surface area contributed by atoms with E-state index in [4.69, 9.17) is 9.51 Å². The number of nitrogens with zero attached hydrogens (tertiary/aromatic N) is 6. The van der Waals surface area contributed by atoms with E-state index >= 15 is 0 Å². The number of aryl methyl sites for hydroxylation is 1. The molecule has 0 amide bonds. The number of piperazine rings is 1. The van der Waals surface area contributed by atoms with E-state index in [2.05, 4.69) is 31.1 Å². The van der Waals surface area contributed by atoms with E-state index in [0.29, 0.717) is 36.9 Å². The van der Waals surface area contributed by atoms with Gasteiger partial charge in [-0.15, -0.1) is 0 Å². The molecule has 0 bridgehead atoms. The largest absolute Gasteiger partial charge is 0.367 e. The molecule has 1 fully saturated rings. The molecule has 8 nitrogen and oxygen atoms in total. The Balaban J connectivity index is 1.10. The Morgan fingerprint density at radius 3 is 2.62 bits per heavy atom. The molecule has 5 aromatic rings. The molecule has 0 atom stereocenters. The standard InChI is InChI=1S/C27H25F2N7O/c1-17-31-27(37-34-17)19-2-4-23-24(13-19)33-26(32-23)15-21-12-18(6-7-30-21)16-35-8-10-36(11-9-35)25-5-3-20(28)14-22(25)29/h2-7,12-14H,8-11,15-16H2,1H3,(H,32,33). The van der Waals surface area contributed by atoms with Crippen molar-refractivity contribution in [1.29, 1.82) is 0 Å². The molecule has 1 aliphatic rings. The molecule has 0 aliphatic carbocycles. The van der Waals surface area contributed by atoms with Crippen molar-refractivity contribution in [1.82, 2.24) is 30.0 Å². The number of rotatable bonds is 6. The fourth-order valence-electron chi connectivity index (χ4n) is 4.73. The zero-order valence-electron chi connectivity index (χ0n) is 20.3. The highest BCUT2D eigenvalue weighted by molar-refractivity contribution is 5.80. The summed E-state index contributed by atoms with van der Waals surface area (Å²) in [5.74, 6) is 0.829. The lowest BCUT2D eigenvalue weighted by atomic mass is 10.1. The van der Waals surface area contributed by atoms with Crippen LogP contribution in [0.3, 0.4) is 0 Å². The number of hydrogen-bond donors (Lipinski definition) is 1. The predicted octanol–water partition coefficient (Wildman–Crippen LogP) is 4.51. The van der Waals surface area contributed by atoms with E-state index < -0.39 is 11.6 Å². The minimum absolute atomic E-state index is 0.456. The molecule has 1 saturated heterocycles. The van der Waals surface area contributed by atoms with E-state index in [-0.39, 0.29) is 0 Å². The van der Waals surface area contributed by atoms with E-state index in [1.54, 1.807) is 6.92 Å². The van der Waals surface area contributed by atoms with Crippen LogP contribution in [-0.4, -0.2) is 56.2 Å². The van der Waals surface area contributed by atoms with Crippen molar-refractivity contribution in [3.8, 4) is 11.5 Å². The molecule has 2 aromatic carbocycles. The maximum absolute atomic E-state index is 14.1. The molecule has 6 rings (SSSR count). The fraction of sp³-hybridized carbons (Fsp3) is 0.259. The smallest absolute Gasteiger partial charge is 0.257 e. The Morgan fingerprint density at radius 2 is 1.84 bits per heavy atom. The van der Waals surface area contributed by atoms with Gasteiger partial charge in [-0.25, -0.2) is 13.8 Å². The average Bonchev–Trinajstić information content (AvgIpc) is 3.50. The van der Waals surface area contributed by atoms with Crippen LogP contribution in [0.4, 0.5) is 14.5 Å². The number of benzene rings is 2. The highest BCUT2D eigenvalue weighted by atomic mass is 19.1. The van der Waals surface area contributed by atoms with Crippen LogP contribution in [0.2, 0.25) is 0 Å². The maximum Gasteiger partial charge on any atom is 0.257 e. The van der Waals surface area contributed by atoms with E-state index in [9.17, 15) is 8.78 Å². The lowest BCUT2D eigenvalue weighted by Gasteiger charge is -2.36. The monoisotopic (exact) mass is 501 g/mol. The van der Waals surface area contributed by atoms with Gasteiger partial charge in [0.15, 0.2) is 5.82 Å². The molecule has 0 unspecified atom stereocenters. The summed E-state index contributed by atoms with van der Waals surface area (Å²) in [6.07, 6.45) is 2.41. The van der Waals surface area contributed by atoms with Crippen LogP contribution >= 0.6 is 0 Å². The van der Waals surface area contributed by atoms with Gasteiger partial charge in [-0.1, -0.05) is 5.16 Å². The fourth-order valence-corrected chi connectivity index (χ4v) is 4.73. The predicted molar refractivity (Wildman–Crippen MR) is 135 cm³/mol. The topological polar surface area (TPSA) is 87.0 Å². The van der Waals surface area contributed by atoms with Crippen molar-refractivity contribution in [3.63, 3.8) is 0 Å². The summed E-state index contributed by atoms with van der Waals surface area (Å²) in [4.78, 5) is 21.2.